The van der Waals surface area contributed by atoms with E-state index in [9.17, 15) is 0 Å². The summed E-state index contributed by atoms with van der Waals surface area (Å²) >= 11 is 0. The molecule has 0 amide bonds. The molecule has 1 N–H and O–H groups in total. The third-order valence-electron chi connectivity index (χ3n) is 3.17. The molecule has 17 heavy (non-hydrogen) atoms. The molecule has 0 bridgehead atoms. The summed E-state index contributed by atoms with van der Waals surface area (Å²) in [6, 6.07) is 0. The second-order valence-electron chi connectivity index (χ2n) is 5.67. The molecule has 0 saturated carbocycles. The van der Waals surface area contributed by atoms with Crippen molar-refractivity contribution in [2.45, 2.75) is 84.6 Å². The first-order valence-corrected chi connectivity index (χ1v) is 7.52. The van der Waals surface area contributed by atoms with Gasteiger partial charge in [-0.2, -0.15) is 0 Å². The number of hydrogen-bond acceptors (Lipinski definition) is 1. The van der Waals surface area contributed by atoms with Crippen LogP contribution in [0.3, 0.4) is 0 Å². The molecular formula is C16H33N. The van der Waals surface area contributed by atoms with E-state index in [4.69, 9.17) is 0 Å². The van der Waals surface area contributed by atoms with E-state index < -0.39 is 0 Å². The van der Waals surface area contributed by atoms with E-state index >= 15 is 0 Å². The summed E-state index contributed by atoms with van der Waals surface area (Å²) in [7, 11) is 0. The molecule has 0 aliphatic heterocycles. The van der Waals surface area contributed by atoms with Crippen LogP contribution in [0, 0.1) is 0 Å². The van der Waals surface area contributed by atoms with Crippen LogP contribution in [0.5, 0.6) is 0 Å². The van der Waals surface area contributed by atoms with Crippen LogP contribution < -0.4 is 5.32 Å². The summed E-state index contributed by atoms with van der Waals surface area (Å²) in [6.45, 7) is 10.3. The molecule has 0 saturated heterocycles. The zero-order valence-corrected chi connectivity index (χ0v) is 12.5. The highest BCUT2D eigenvalue weighted by atomic mass is 14.9. The Morgan fingerprint density at radius 2 is 1.53 bits per heavy atom. The zero-order valence-electron chi connectivity index (χ0n) is 12.5. The molecule has 0 atom stereocenters. The molecule has 0 spiro atoms. The van der Waals surface area contributed by atoms with Crippen molar-refractivity contribution in [1.29, 1.82) is 0 Å². The lowest BCUT2D eigenvalue weighted by Gasteiger charge is -2.26. The summed E-state index contributed by atoms with van der Waals surface area (Å²) in [5, 5.41) is 3.61. The highest BCUT2D eigenvalue weighted by molar-refractivity contribution is 4.82. The van der Waals surface area contributed by atoms with Crippen LogP contribution >= 0.6 is 0 Å². The molecule has 0 aliphatic rings. The van der Waals surface area contributed by atoms with Crippen molar-refractivity contribution in [3.8, 4) is 0 Å². The van der Waals surface area contributed by atoms with Gasteiger partial charge in [0.2, 0.25) is 0 Å². The molecule has 0 aliphatic carbocycles. The first-order valence-electron chi connectivity index (χ1n) is 7.52. The van der Waals surface area contributed by atoms with E-state index in [0.29, 0.717) is 5.54 Å². The Morgan fingerprint density at radius 3 is 2.12 bits per heavy atom. The normalized spacial score (nSPS) is 12.5. The van der Waals surface area contributed by atoms with Gasteiger partial charge in [-0.3, -0.25) is 0 Å². The molecule has 0 heterocycles. The topological polar surface area (TPSA) is 12.0 Å². The molecule has 1 heteroatoms. The molecular weight excluding hydrogens is 206 g/mol. The van der Waals surface area contributed by atoms with Gasteiger partial charge < -0.3 is 5.32 Å². The smallest absolute Gasteiger partial charge is 0.0125 e. The average Bonchev–Trinajstić information content (AvgIpc) is 2.30. The fourth-order valence-electron chi connectivity index (χ4n) is 1.94. The highest BCUT2D eigenvalue weighted by Crippen LogP contribution is 2.14. The van der Waals surface area contributed by atoms with Crippen molar-refractivity contribution in [2.24, 2.45) is 0 Å². The minimum Gasteiger partial charge on any atom is -0.312 e. The lowest BCUT2D eigenvalue weighted by Crippen LogP contribution is -2.39. The fourth-order valence-corrected chi connectivity index (χ4v) is 1.94. The van der Waals surface area contributed by atoms with E-state index in [1.165, 1.54) is 51.4 Å². The first-order chi connectivity index (χ1) is 8.12. The molecule has 0 fully saturated rings. The quantitative estimate of drug-likeness (QED) is 0.392. The van der Waals surface area contributed by atoms with Crippen molar-refractivity contribution < 1.29 is 0 Å². The number of hydrogen-bond donors (Lipinski definition) is 1. The van der Waals surface area contributed by atoms with Crippen LogP contribution in [0.15, 0.2) is 12.2 Å². The Balaban J connectivity index is 3.40. The van der Waals surface area contributed by atoms with Gasteiger partial charge in [0.05, 0.1) is 0 Å². The Labute approximate surface area is 109 Å². The minimum absolute atomic E-state index is 0.321. The summed E-state index contributed by atoms with van der Waals surface area (Å²) in [4.78, 5) is 0. The van der Waals surface area contributed by atoms with Crippen molar-refractivity contribution in [2.75, 3.05) is 6.54 Å². The molecule has 102 valence electrons. The van der Waals surface area contributed by atoms with Gasteiger partial charge >= 0.3 is 0 Å². The van der Waals surface area contributed by atoms with Gasteiger partial charge in [-0.25, -0.2) is 0 Å². The Kier molecular flexibility index (Phi) is 10.6. The summed E-state index contributed by atoms with van der Waals surface area (Å²) < 4.78 is 0. The third kappa shape index (κ3) is 12.0. The predicted molar refractivity (Wildman–Crippen MR) is 79.5 cm³/mol. The van der Waals surface area contributed by atoms with Crippen LogP contribution in [-0.4, -0.2) is 12.1 Å². The molecule has 0 aromatic carbocycles. The van der Waals surface area contributed by atoms with E-state index in [0.717, 1.165) is 6.54 Å². The summed E-state index contributed by atoms with van der Waals surface area (Å²) in [6.07, 6.45) is 15.1. The second-order valence-corrected chi connectivity index (χ2v) is 5.67. The number of rotatable bonds is 11. The number of nitrogens with one attached hydrogen (secondary N) is 1. The monoisotopic (exact) mass is 239 g/mol. The van der Waals surface area contributed by atoms with Gasteiger partial charge in [0, 0.05) is 5.54 Å². The van der Waals surface area contributed by atoms with Gasteiger partial charge in [-0.05, 0) is 52.5 Å². The van der Waals surface area contributed by atoms with Crippen LogP contribution in [0.25, 0.3) is 0 Å². The average molecular weight is 239 g/mol. The number of unbranched alkanes of at least 4 members (excludes halogenated alkanes) is 4. The van der Waals surface area contributed by atoms with Gasteiger partial charge in [0.1, 0.15) is 0 Å². The lowest BCUT2D eigenvalue weighted by molar-refractivity contribution is 0.351. The SMILES string of the molecule is CCCCC=CCCCCC(C)(C)NCCC. The van der Waals surface area contributed by atoms with Crippen LogP contribution in [0.1, 0.15) is 79.1 Å². The van der Waals surface area contributed by atoms with E-state index in [-0.39, 0.29) is 0 Å². The summed E-state index contributed by atoms with van der Waals surface area (Å²) in [5.74, 6) is 0. The van der Waals surface area contributed by atoms with Crippen LogP contribution in [0.4, 0.5) is 0 Å². The maximum Gasteiger partial charge on any atom is 0.0125 e. The van der Waals surface area contributed by atoms with Gasteiger partial charge in [-0.15, -0.1) is 0 Å². The van der Waals surface area contributed by atoms with Crippen molar-refractivity contribution in [1.82, 2.24) is 5.32 Å². The zero-order chi connectivity index (χ0) is 13.0. The molecule has 0 radical (unpaired) electrons. The van der Waals surface area contributed by atoms with E-state index in [2.05, 4.69) is 45.2 Å². The molecule has 1 nitrogen and oxygen atoms in total. The van der Waals surface area contributed by atoms with Crippen molar-refractivity contribution in [3.63, 3.8) is 0 Å². The highest BCUT2D eigenvalue weighted by Gasteiger charge is 2.14. The van der Waals surface area contributed by atoms with Gasteiger partial charge in [-0.1, -0.05) is 45.3 Å². The van der Waals surface area contributed by atoms with Crippen LogP contribution in [0.2, 0.25) is 0 Å². The maximum atomic E-state index is 3.61. The summed E-state index contributed by atoms with van der Waals surface area (Å²) in [5.41, 5.74) is 0.321. The predicted octanol–water partition coefficient (Wildman–Crippen LogP) is 5.07. The minimum atomic E-state index is 0.321. The fraction of sp³-hybridized carbons (Fsp3) is 0.875. The lowest BCUT2D eigenvalue weighted by atomic mass is 9.96. The third-order valence-corrected chi connectivity index (χ3v) is 3.17. The largest absolute Gasteiger partial charge is 0.312 e. The maximum absolute atomic E-state index is 3.61. The molecule has 0 rings (SSSR count). The molecule has 0 aromatic rings. The number of allylic oxidation sites excluding steroid dienone is 2. The Hall–Kier alpha value is -0.300. The molecule has 0 aromatic heterocycles. The van der Waals surface area contributed by atoms with E-state index in [1.54, 1.807) is 0 Å². The second kappa shape index (κ2) is 10.8. The van der Waals surface area contributed by atoms with Crippen LogP contribution in [-0.2, 0) is 0 Å². The van der Waals surface area contributed by atoms with Crippen molar-refractivity contribution >= 4 is 0 Å². The van der Waals surface area contributed by atoms with Gasteiger partial charge in [0.15, 0.2) is 0 Å². The standard InChI is InChI=1S/C16H33N/c1-5-7-8-9-10-11-12-13-14-16(3,4)17-15-6-2/h9-10,17H,5-8,11-15H2,1-4H3. The Morgan fingerprint density at radius 1 is 0.882 bits per heavy atom. The van der Waals surface area contributed by atoms with Crippen molar-refractivity contribution in [3.05, 3.63) is 12.2 Å². The molecule has 0 unspecified atom stereocenters. The first kappa shape index (κ1) is 16.7. The van der Waals surface area contributed by atoms with E-state index in [1.807, 2.05) is 0 Å². The van der Waals surface area contributed by atoms with Gasteiger partial charge in [0.25, 0.3) is 0 Å². The Bertz CT molecular complexity index is 182.